The normalized spacial score (nSPS) is 14.9. The minimum absolute atomic E-state index is 0.106. The molecule has 85 heavy (non-hydrogen) atoms. The molecule has 0 aromatic heterocycles. The first kappa shape index (κ1) is 81.7. The summed E-state index contributed by atoms with van der Waals surface area (Å²) in [6.45, 7) is 2.49. The van der Waals surface area contributed by atoms with Crippen LogP contribution in [0.5, 0.6) is 0 Å². The smallest absolute Gasteiger partial charge is 0.463 e. The molecule has 5 unspecified atom stereocenters. The molecule has 0 aliphatic heterocycles. The maximum Gasteiger partial charge on any atom is 0.472 e. The van der Waals surface area contributed by atoms with Crippen LogP contribution in [0, 0.1) is 0 Å². The van der Waals surface area contributed by atoms with Crippen molar-refractivity contribution >= 4 is 33.6 Å². The largest absolute Gasteiger partial charge is 0.472 e. The van der Waals surface area contributed by atoms with E-state index in [1.807, 2.05) is 0 Å². The minimum Gasteiger partial charge on any atom is -0.463 e. The number of esters is 3. The Hall–Kier alpha value is -3.27. The van der Waals surface area contributed by atoms with Crippen molar-refractivity contribution in [3.63, 3.8) is 0 Å². The van der Waals surface area contributed by atoms with Gasteiger partial charge in [-0.15, -0.1) is 0 Å². The van der Waals surface area contributed by atoms with E-state index in [1.165, 1.54) is 89.9 Å². The Morgan fingerprint density at radius 3 is 1.02 bits per heavy atom. The van der Waals surface area contributed by atoms with Crippen molar-refractivity contribution in [3.05, 3.63) is 85.1 Å². The van der Waals surface area contributed by atoms with Gasteiger partial charge in [-0.05, 0) is 96.3 Å². The molecule has 0 saturated carbocycles. The van der Waals surface area contributed by atoms with E-state index in [0.29, 0.717) is 19.3 Å². The number of phosphoric acid groups is 2. The van der Waals surface area contributed by atoms with E-state index >= 15 is 0 Å². The highest BCUT2D eigenvalue weighted by atomic mass is 31.2. The van der Waals surface area contributed by atoms with Crippen LogP contribution in [0.3, 0.4) is 0 Å². The molecular formula is C67H118O16P2. The summed E-state index contributed by atoms with van der Waals surface area (Å²) in [6.07, 6.45) is 63.6. The molecule has 0 heterocycles. The lowest BCUT2D eigenvalue weighted by molar-refractivity contribution is -0.161. The Morgan fingerprint density at radius 2 is 0.624 bits per heavy atom. The Balaban J connectivity index is 4.65. The molecule has 492 valence electrons. The maximum atomic E-state index is 12.9. The highest BCUT2D eigenvalue weighted by Gasteiger charge is 2.29. The summed E-state index contributed by atoms with van der Waals surface area (Å²) < 4.78 is 60.7. The quantitative estimate of drug-likeness (QED) is 0.0146. The number of aliphatic hydroxyl groups is 2. The number of aliphatic hydroxyl groups excluding tert-OH is 2. The van der Waals surface area contributed by atoms with E-state index in [-0.39, 0.29) is 19.3 Å². The molecule has 0 rings (SSSR count). The monoisotopic (exact) mass is 1240 g/mol. The SMILES string of the molecule is CC/C=C\C/C=C\C/C=C\C/C=C\C/C=C\C/C=C\CCCCC(=O)OCC(O)COP(=O)(O)OCC(O)COP(=O)(O)OCC(COC(=O)CCCCCCC/C=C\CCCCCCCC)OC(=O)CCCCCCCCCCCCCCC. The van der Waals surface area contributed by atoms with Crippen molar-refractivity contribution < 1.29 is 75.8 Å². The highest BCUT2D eigenvalue weighted by Crippen LogP contribution is 2.45. The number of unbranched alkanes of at least 4 members (excludes halogenated alkanes) is 25. The molecule has 0 bridgehead atoms. The van der Waals surface area contributed by atoms with Gasteiger partial charge in [0, 0.05) is 19.3 Å². The molecule has 0 aliphatic rings. The standard InChI is InChI=1S/C67H118O16P2/c1-4-7-10-13-16-19-22-25-27-28-29-30-31-32-34-37-38-41-44-47-50-53-65(70)77-56-62(68)57-79-84(73,74)80-58-63(69)59-81-85(75,76)82-61-64(83-67(72)55-52-49-46-43-40-35-24-21-18-15-12-9-6-3)60-78-66(71)54-51-48-45-42-39-36-33-26-23-20-17-14-11-8-5-2/h7,10,16,19,25-27,29-30,32-34,38,41,62-64,68-69H,4-6,8-9,11-15,17-18,20-24,28,31,35-37,39-40,42-61H2,1-3H3,(H,73,74)(H,75,76)/b10-7-,19-16-,27-25-,30-29-,33-26-,34-32-,41-38-. The molecule has 4 N–H and O–H groups in total. The fourth-order valence-corrected chi connectivity index (χ4v) is 10.2. The molecule has 0 radical (unpaired) electrons. The summed E-state index contributed by atoms with van der Waals surface area (Å²) in [7, 11) is -9.78. The van der Waals surface area contributed by atoms with Crippen molar-refractivity contribution in [1.82, 2.24) is 0 Å². The van der Waals surface area contributed by atoms with Crippen LogP contribution in [-0.2, 0) is 55.8 Å². The Bertz CT molecular complexity index is 1900. The molecule has 5 atom stereocenters. The molecule has 0 spiro atoms. The molecule has 0 aliphatic carbocycles. The van der Waals surface area contributed by atoms with Crippen LogP contribution in [0.2, 0.25) is 0 Å². The number of carbonyl (C=O) groups excluding carboxylic acids is 3. The molecule has 18 heteroatoms. The second-order valence-corrected chi connectivity index (χ2v) is 24.8. The van der Waals surface area contributed by atoms with E-state index in [1.54, 1.807) is 0 Å². The van der Waals surface area contributed by atoms with Gasteiger partial charge < -0.3 is 34.2 Å². The molecule has 0 saturated heterocycles. The number of hydrogen-bond acceptors (Lipinski definition) is 14. The van der Waals surface area contributed by atoms with Crippen LogP contribution in [0.1, 0.15) is 265 Å². The van der Waals surface area contributed by atoms with Crippen molar-refractivity contribution in [3.8, 4) is 0 Å². The lowest BCUT2D eigenvalue weighted by Crippen LogP contribution is -2.30. The van der Waals surface area contributed by atoms with Gasteiger partial charge >= 0.3 is 33.6 Å². The van der Waals surface area contributed by atoms with Crippen LogP contribution in [0.15, 0.2) is 85.1 Å². The first-order valence-corrected chi connectivity index (χ1v) is 35.9. The van der Waals surface area contributed by atoms with Gasteiger partial charge in [0.15, 0.2) is 6.10 Å². The fraction of sp³-hybridized carbons (Fsp3) is 0.746. The number of rotatable bonds is 62. The van der Waals surface area contributed by atoms with Gasteiger partial charge in [0.05, 0.1) is 26.4 Å². The highest BCUT2D eigenvalue weighted by molar-refractivity contribution is 7.47. The lowest BCUT2D eigenvalue weighted by Gasteiger charge is -2.21. The van der Waals surface area contributed by atoms with E-state index in [2.05, 4.69) is 106 Å². The molecule has 0 fully saturated rings. The van der Waals surface area contributed by atoms with Gasteiger partial charge in [-0.25, -0.2) is 9.13 Å². The van der Waals surface area contributed by atoms with Gasteiger partial charge in [0.25, 0.3) is 0 Å². The summed E-state index contributed by atoms with van der Waals surface area (Å²) >= 11 is 0. The second kappa shape index (κ2) is 61.0. The summed E-state index contributed by atoms with van der Waals surface area (Å²) in [6, 6.07) is 0. The van der Waals surface area contributed by atoms with Crippen LogP contribution >= 0.6 is 15.6 Å². The third-order valence-electron chi connectivity index (χ3n) is 13.6. The Kier molecular flexibility index (Phi) is 58.6. The zero-order chi connectivity index (χ0) is 62.4. The summed E-state index contributed by atoms with van der Waals surface area (Å²) in [5.74, 6) is -1.62. The average molecular weight is 1240 g/mol. The van der Waals surface area contributed by atoms with E-state index < -0.39 is 91.5 Å². The number of allylic oxidation sites excluding steroid dienone is 14. The van der Waals surface area contributed by atoms with Crippen molar-refractivity contribution in [2.75, 3.05) is 39.6 Å². The summed E-state index contributed by atoms with van der Waals surface area (Å²) in [5.41, 5.74) is 0. The molecule has 0 aromatic carbocycles. The predicted molar refractivity (Wildman–Crippen MR) is 344 cm³/mol. The van der Waals surface area contributed by atoms with Crippen molar-refractivity contribution in [2.45, 2.75) is 283 Å². The van der Waals surface area contributed by atoms with Crippen LogP contribution in [-0.4, -0.2) is 95.9 Å². The first-order chi connectivity index (χ1) is 41.2. The third kappa shape index (κ3) is 62.1. The topological polar surface area (TPSA) is 231 Å². The van der Waals surface area contributed by atoms with Crippen LogP contribution < -0.4 is 0 Å². The molecule has 0 amide bonds. The Morgan fingerprint density at radius 1 is 0.341 bits per heavy atom. The summed E-state index contributed by atoms with van der Waals surface area (Å²) in [5, 5.41) is 20.5. The second-order valence-electron chi connectivity index (χ2n) is 21.9. The number of carbonyl (C=O) groups is 3. The minimum atomic E-state index is -4.92. The number of phosphoric ester groups is 2. The van der Waals surface area contributed by atoms with Gasteiger partial charge in [0.2, 0.25) is 0 Å². The number of hydrogen-bond donors (Lipinski definition) is 4. The van der Waals surface area contributed by atoms with Gasteiger partial charge in [-0.2, -0.15) is 0 Å². The molecule has 16 nitrogen and oxygen atoms in total. The van der Waals surface area contributed by atoms with E-state index in [9.17, 15) is 43.5 Å². The molecule has 0 aromatic rings. The summed E-state index contributed by atoms with van der Waals surface area (Å²) in [4.78, 5) is 58.2. The van der Waals surface area contributed by atoms with Crippen LogP contribution in [0.25, 0.3) is 0 Å². The van der Waals surface area contributed by atoms with Crippen molar-refractivity contribution in [1.29, 1.82) is 0 Å². The zero-order valence-corrected chi connectivity index (χ0v) is 54.8. The Labute approximate surface area is 515 Å². The maximum absolute atomic E-state index is 12.9. The van der Waals surface area contributed by atoms with Gasteiger partial charge in [-0.3, -0.25) is 32.5 Å². The average Bonchev–Trinajstić information content (AvgIpc) is 3.51. The predicted octanol–water partition coefficient (Wildman–Crippen LogP) is 17.8. The lowest BCUT2D eigenvalue weighted by atomic mass is 10.0. The van der Waals surface area contributed by atoms with Gasteiger partial charge in [-0.1, -0.05) is 234 Å². The zero-order valence-electron chi connectivity index (χ0n) is 53.0. The third-order valence-corrected chi connectivity index (χ3v) is 15.5. The first-order valence-electron chi connectivity index (χ1n) is 32.9. The van der Waals surface area contributed by atoms with Crippen LogP contribution in [0.4, 0.5) is 0 Å². The van der Waals surface area contributed by atoms with E-state index in [0.717, 1.165) is 116 Å². The van der Waals surface area contributed by atoms with Gasteiger partial charge in [0.1, 0.15) is 25.4 Å². The van der Waals surface area contributed by atoms with E-state index in [4.69, 9.17) is 32.3 Å². The number of ether oxygens (including phenoxy) is 3. The molecular weight excluding hydrogens is 1120 g/mol. The fourth-order valence-electron chi connectivity index (χ4n) is 8.57. The van der Waals surface area contributed by atoms with Crippen molar-refractivity contribution in [2.24, 2.45) is 0 Å².